The second kappa shape index (κ2) is 5.98. The van der Waals surface area contributed by atoms with Crippen LogP contribution in [0.5, 0.6) is 5.75 Å². The average Bonchev–Trinajstić information content (AvgIpc) is 2.75. The molecule has 3 rings (SSSR count). The van der Waals surface area contributed by atoms with Crippen LogP contribution in [0.25, 0.3) is 0 Å². The Bertz CT molecular complexity index is 640. The molecule has 1 aliphatic heterocycles. The number of pyridine rings is 1. The zero-order valence-corrected chi connectivity index (χ0v) is 14.1. The first-order valence-electron chi connectivity index (χ1n) is 7.85. The number of hydrogen-bond donors (Lipinski definition) is 0. The Morgan fingerprint density at radius 1 is 1.00 bits per heavy atom. The van der Waals surface area contributed by atoms with Gasteiger partial charge in [0, 0.05) is 18.0 Å². The molecule has 120 valence electrons. The Morgan fingerprint density at radius 2 is 1.65 bits per heavy atom. The molecule has 23 heavy (non-hydrogen) atoms. The first-order chi connectivity index (χ1) is 10.9. The quantitative estimate of drug-likeness (QED) is 0.814. The molecule has 2 heterocycles. The van der Waals surface area contributed by atoms with Crippen LogP contribution in [-0.4, -0.2) is 23.3 Å². The maximum absolute atomic E-state index is 6.05. The van der Waals surface area contributed by atoms with E-state index in [9.17, 15) is 0 Å². The van der Waals surface area contributed by atoms with Gasteiger partial charge in [0.05, 0.1) is 11.2 Å². The van der Waals surface area contributed by atoms with Gasteiger partial charge in [0.1, 0.15) is 12.4 Å². The highest BCUT2D eigenvalue weighted by Crippen LogP contribution is 2.36. The van der Waals surface area contributed by atoms with E-state index in [-0.39, 0.29) is 18.3 Å². The second-order valence-electron chi connectivity index (χ2n) is 6.81. The van der Waals surface area contributed by atoms with Gasteiger partial charge in [-0.1, -0.05) is 18.2 Å². The third-order valence-corrected chi connectivity index (χ3v) is 4.53. The van der Waals surface area contributed by atoms with Gasteiger partial charge in [-0.3, -0.25) is 4.98 Å². The molecule has 1 aliphatic rings. The van der Waals surface area contributed by atoms with Crippen LogP contribution < -0.4 is 10.2 Å². The van der Waals surface area contributed by atoms with Crippen LogP contribution in [0.3, 0.4) is 0 Å². The molecule has 0 spiro atoms. The minimum Gasteiger partial charge on any atom is -0.489 e. The number of nitrogens with zero attached hydrogens (tertiary/aromatic N) is 1. The van der Waals surface area contributed by atoms with Crippen LogP contribution in [0.2, 0.25) is 0 Å². The van der Waals surface area contributed by atoms with E-state index in [1.807, 2.05) is 36.4 Å². The minimum atomic E-state index is -0.340. The molecular formula is C18H22BNO3. The summed E-state index contributed by atoms with van der Waals surface area (Å²) in [6.45, 7) is 8.72. The number of hydrogen-bond acceptors (Lipinski definition) is 4. The van der Waals surface area contributed by atoms with Gasteiger partial charge in [-0.15, -0.1) is 0 Å². The molecule has 0 unspecified atom stereocenters. The van der Waals surface area contributed by atoms with E-state index in [0.29, 0.717) is 6.61 Å². The van der Waals surface area contributed by atoms with Crippen molar-refractivity contribution >= 4 is 12.6 Å². The number of rotatable bonds is 4. The Balaban J connectivity index is 1.64. The van der Waals surface area contributed by atoms with Gasteiger partial charge in [-0.05, 0) is 51.4 Å². The number of benzene rings is 1. The van der Waals surface area contributed by atoms with Crippen LogP contribution >= 0.6 is 0 Å². The van der Waals surface area contributed by atoms with E-state index in [4.69, 9.17) is 14.0 Å². The van der Waals surface area contributed by atoms with Gasteiger partial charge in [0.15, 0.2) is 0 Å². The lowest BCUT2D eigenvalue weighted by atomic mass is 9.79. The van der Waals surface area contributed by atoms with Crippen molar-refractivity contribution in [2.75, 3.05) is 0 Å². The zero-order valence-electron chi connectivity index (χ0n) is 14.1. The van der Waals surface area contributed by atoms with Crippen molar-refractivity contribution in [3.05, 3.63) is 54.4 Å². The monoisotopic (exact) mass is 311 g/mol. The minimum absolute atomic E-state index is 0.326. The Hall–Kier alpha value is -1.85. The molecule has 1 aromatic carbocycles. The Kier molecular flexibility index (Phi) is 4.17. The second-order valence-corrected chi connectivity index (χ2v) is 6.81. The van der Waals surface area contributed by atoms with E-state index in [1.54, 1.807) is 12.4 Å². The van der Waals surface area contributed by atoms with E-state index in [2.05, 4.69) is 32.7 Å². The lowest BCUT2D eigenvalue weighted by Gasteiger charge is -2.32. The van der Waals surface area contributed by atoms with Crippen molar-refractivity contribution in [1.82, 2.24) is 4.98 Å². The largest absolute Gasteiger partial charge is 0.494 e. The maximum Gasteiger partial charge on any atom is 0.494 e. The van der Waals surface area contributed by atoms with Crippen molar-refractivity contribution in [2.24, 2.45) is 0 Å². The lowest BCUT2D eigenvalue weighted by molar-refractivity contribution is 0.00578. The van der Waals surface area contributed by atoms with Crippen LogP contribution in [0.15, 0.2) is 48.8 Å². The molecule has 0 atom stereocenters. The molecule has 0 bridgehead atoms. The summed E-state index contributed by atoms with van der Waals surface area (Å²) < 4.78 is 17.9. The first-order valence-corrected chi connectivity index (χ1v) is 7.85. The molecule has 0 N–H and O–H groups in total. The average molecular weight is 311 g/mol. The van der Waals surface area contributed by atoms with Gasteiger partial charge in [-0.2, -0.15) is 0 Å². The van der Waals surface area contributed by atoms with Crippen molar-refractivity contribution in [1.29, 1.82) is 0 Å². The van der Waals surface area contributed by atoms with Crippen LogP contribution in [-0.2, 0) is 15.9 Å². The topological polar surface area (TPSA) is 40.6 Å². The fourth-order valence-electron chi connectivity index (χ4n) is 2.35. The van der Waals surface area contributed by atoms with Crippen LogP contribution in [0.4, 0.5) is 0 Å². The summed E-state index contributed by atoms with van der Waals surface area (Å²) in [5.74, 6) is 0.814. The highest BCUT2D eigenvalue weighted by atomic mass is 16.7. The fourth-order valence-corrected chi connectivity index (χ4v) is 2.35. The molecule has 2 aromatic rings. The molecule has 0 aliphatic carbocycles. The molecule has 0 saturated carbocycles. The summed E-state index contributed by atoms with van der Waals surface area (Å²) in [6, 6.07) is 11.8. The summed E-state index contributed by atoms with van der Waals surface area (Å²) in [4.78, 5) is 4.08. The van der Waals surface area contributed by atoms with E-state index in [1.165, 1.54) is 0 Å². The van der Waals surface area contributed by atoms with E-state index in [0.717, 1.165) is 16.8 Å². The van der Waals surface area contributed by atoms with Gasteiger partial charge < -0.3 is 14.0 Å². The molecule has 1 fully saturated rings. The van der Waals surface area contributed by atoms with Crippen molar-refractivity contribution < 1.29 is 14.0 Å². The highest BCUT2D eigenvalue weighted by molar-refractivity contribution is 6.62. The van der Waals surface area contributed by atoms with Crippen LogP contribution in [0.1, 0.15) is 33.3 Å². The molecule has 0 radical (unpaired) electrons. The molecule has 0 amide bonds. The Morgan fingerprint density at radius 3 is 2.22 bits per heavy atom. The summed E-state index contributed by atoms with van der Waals surface area (Å²) in [5, 5.41) is 0. The summed E-state index contributed by atoms with van der Waals surface area (Å²) in [7, 11) is -0.340. The maximum atomic E-state index is 6.05. The SMILES string of the molecule is CC1(C)OB(c2ccc(OCc3cccnc3)cc2)OC1(C)C. The Labute approximate surface area is 137 Å². The predicted molar refractivity (Wildman–Crippen MR) is 90.7 cm³/mol. The summed E-state index contributed by atoms with van der Waals surface area (Å²) in [5.41, 5.74) is 1.39. The summed E-state index contributed by atoms with van der Waals surface area (Å²) in [6.07, 6.45) is 3.56. The van der Waals surface area contributed by atoms with Gasteiger partial charge in [0.2, 0.25) is 0 Å². The third-order valence-electron chi connectivity index (χ3n) is 4.53. The lowest BCUT2D eigenvalue weighted by Crippen LogP contribution is -2.41. The van der Waals surface area contributed by atoms with Gasteiger partial charge in [-0.25, -0.2) is 0 Å². The number of ether oxygens (including phenoxy) is 1. The molecule has 5 heteroatoms. The zero-order chi connectivity index (χ0) is 16.5. The molecular weight excluding hydrogens is 289 g/mol. The normalized spacial score (nSPS) is 18.9. The first kappa shape index (κ1) is 16.0. The van der Waals surface area contributed by atoms with E-state index >= 15 is 0 Å². The molecule has 4 nitrogen and oxygen atoms in total. The van der Waals surface area contributed by atoms with E-state index < -0.39 is 0 Å². The number of aromatic nitrogens is 1. The van der Waals surface area contributed by atoms with Gasteiger partial charge in [0.25, 0.3) is 0 Å². The third kappa shape index (κ3) is 3.41. The smallest absolute Gasteiger partial charge is 0.489 e. The van der Waals surface area contributed by atoms with Crippen molar-refractivity contribution in [3.8, 4) is 5.75 Å². The molecule has 1 aromatic heterocycles. The van der Waals surface area contributed by atoms with Gasteiger partial charge >= 0.3 is 7.12 Å². The predicted octanol–water partition coefficient (Wildman–Crippen LogP) is 2.96. The standard InChI is InChI=1S/C18H22BNO3/c1-17(2)18(3,4)23-19(22-17)15-7-9-16(10-8-15)21-13-14-6-5-11-20-12-14/h5-12H,13H2,1-4H3. The fraction of sp³-hybridized carbons (Fsp3) is 0.389. The highest BCUT2D eigenvalue weighted by Gasteiger charge is 2.51. The molecule has 1 saturated heterocycles. The van der Waals surface area contributed by atoms with Crippen LogP contribution in [0, 0.1) is 0 Å². The van der Waals surface area contributed by atoms with Crippen molar-refractivity contribution in [3.63, 3.8) is 0 Å². The summed E-state index contributed by atoms with van der Waals surface area (Å²) >= 11 is 0. The van der Waals surface area contributed by atoms with Crippen molar-refractivity contribution in [2.45, 2.75) is 45.5 Å².